The molecule has 0 aromatic heterocycles. The van der Waals surface area contributed by atoms with Crippen LogP contribution >= 0.6 is 0 Å². The molecule has 0 aromatic carbocycles. The lowest BCUT2D eigenvalue weighted by molar-refractivity contribution is -0.396. The Hall–Kier alpha value is -1.38. The van der Waals surface area contributed by atoms with Crippen LogP contribution in [-0.2, 0) is 10.1 Å². The smallest absolute Gasteiger partial charge is 0.460 e. The fraction of sp³-hybridized carbons (Fsp3) is 0.857. The number of halogens is 9. The summed E-state index contributed by atoms with van der Waals surface area (Å²) in [6.45, 7) is 4.50. The summed E-state index contributed by atoms with van der Waals surface area (Å²) in [5.41, 5.74) is 0. The highest BCUT2D eigenvalue weighted by atomic mass is 32.2. The van der Waals surface area contributed by atoms with Crippen molar-refractivity contribution in [2.24, 2.45) is 0 Å². The molecule has 1 aliphatic rings. The Morgan fingerprint density at radius 2 is 1.48 bits per heavy atom. The second-order valence-electron chi connectivity index (χ2n) is 6.23. The Labute approximate surface area is 161 Å². The average molecular weight is 467 g/mol. The molecule has 29 heavy (non-hydrogen) atoms. The second-order valence-corrected chi connectivity index (χ2v) is 7.75. The Balaban J connectivity index is 0.000000651. The molecule has 0 bridgehead atoms. The molecule has 0 fully saturated rings. The number of alkyl halides is 9. The maximum absolute atomic E-state index is 12.6. The first-order chi connectivity index (χ1) is 12.8. The van der Waals surface area contributed by atoms with Crippen LogP contribution in [0.3, 0.4) is 0 Å². The van der Waals surface area contributed by atoms with E-state index in [0.29, 0.717) is 0 Å². The van der Waals surface area contributed by atoms with Gasteiger partial charge in [-0.25, -0.2) is 8.42 Å². The van der Waals surface area contributed by atoms with Crippen molar-refractivity contribution in [2.75, 3.05) is 26.0 Å². The normalized spacial score (nSPS) is 16.1. The molecular weight excluding hydrogens is 447 g/mol. The molecule has 0 N–H and O–H groups in total. The summed E-state index contributed by atoms with van der Waals surface area (Å²) in [5.74, 6) is -22.2. The largest absolute Gasteiger partial charge is 0.748 e. The minimum Gasteiger partial charge on any atom is -0.748 e. The van der Waals surface area contributed by atoms with Crippen molar-refractivity contribution in [3.63, 3.8) is 0 Å². The quantitative estimate of drug-likeness (QED) is 0.401. The molecule has 1 heterocycles. The van der Waals surface area contributed by atoms with E-state index in [-0.39, 0.29) is 0 Å². The molecule has 0 aliphatic carbocycles. The number of hydrogen-bond acceptors (Lipinski definition) is 5. The first-order valence-electron chi connectivity index (χ1n) is 8.05. The van der Waals surface area contributed by atoms with E-state index >= 15 is 0 Å². The molecule has 0 radical (unpaired) electrons. The van der Waals surface area contributed by atoms with E-state index in [1.165, 1.54) is 19.4 Å². The van der Waals surface area contributed by atoms with Gasteiger partial charge < -0.3 is 14.4 Å². The van der Waals surface area contributed by atoms with Gasteiger partial charge in [-0.1, -0.05) is 13.3 Å². The zero-order chi connectivity index (χ0) is 23.3. The molecule has 0 saturated carbocycles. The van der Waals surface area contributed by atoms with Crippen molar-refractivity contribution >= 4 is 10.1 Å². The minimum absolute atomic E-state index is 1.07. The van der Waals surface area contributed by atoms with E-state index in [1.807, 2.05) is 0 Å². The standard InChI is InChI=1S/C8H16N2.C6H5F9O3S/c1-3-4-5-10-7-6-9(2)8-10;7-3(8,1-2-19(16,17)18)4(9,10)5(11,12)6(13,14)15/h6-7H,3-5,8H2,1-2H3;1-2H2,(H,16,17,18)/p-1. The van der Waals surface area contributed by atoms with Crippen molar-refractivity contribution in [2.45, 2.75) is 50.1 Å². The predicted octanol–water partition coefficient (Wildman–Crippen LogP) is 3.85. The molecular formula is C14H20F9N2O3S-. The third-order valence-corrected chi connectivity index (χ3v) is 4.32. The highest BCUT2D eigenvalue weighted by molar-refractivity contribution is 7.85. The van der Waals surface area contributed by atoms with E-state index in [1.54, 1.807) is 0 Å². The molecule has 174 valence electrons. The van der Waals surface area contributed by atoms with Gasteiger partial charge in [-0.05, 0) is 6.42 Å². The lowest BCUT2D eigenvalue weighted by Gasteiger charge is -2.33. The molecule has 0 atom stereocenters. The lowest BCUT2D eigenvalue weighted by atomic mass is 10.0. The lowest BCUT2D eigenvalue weighted by Crippen LogP contribution is -2.61. The van der Waals surface area contributed by atoms with Gasteiger partial charge in [0.25, 0.3) is 0 Å². The van der Waals surface area contributed by atoms with Gasteiger partial charge in [0.05, 0.1) is 16.8 Å². The first kappa shape index (κ1) is 27.6. The maximum Gasteiger partial charge on any atom is 0.460 e. The fourth-order valence-corrected chi connectivity index (χ4v) is 2.42. The SMILES string of the molecule is CCCCN1C=CN(C)C1.O=S(=O)([O-])CCC(F)(F)C(F)(F)C(F)(F)C(F)(F)F. The molecule has 15 heteroatoms. The van der Waals surface area contributed by atoms with Crippen molar-refractivity contribution in [1.82, 2.24) is 9.80 Å². The molecule has 1 rings (SSSR count). The Morgan fingerprint density at radius 3 is 1.83 bits per heavy atom. The maximum atomic E-state index is 12.6. The monoisotopic (exact) mass is 467 g/mol. The Morgan fingerprint density at radius 1 is 0.966 bits per heavy atom. The molecule has 1 aliphatic heterocycles. The van der Waals surface area contributed by atoms with Gasteiger partial charge >= 0.3 is 23.9 Å². The van der Waals surface area contributed by atoms with E-state index in [0.717, 1.165) is 6.67 Å². The van der Waals surface area contributed by atoms with Crippen molar-refractivity contribution in [3.8, 4) is 0 Å². The second kappa shape index (κ2) is 9.62. The first-order valence-corrected chi connectivity index (χ1v) is 9.62. The fourth-order valence-electron chi connectivity index (χ4n) is 1.91. The number of nitrogens with zero attached hydrogens (tertiary/aromatic N) is 2. The van der Waals surface area contributed by atoms with Crippen molar-refractivity contribution in [1.29, 1.82) is 0 Å². The summed E-state index contributed by atoms with van der Waals surface area (Å²) >= 11 is 0. The van der Waals surface area contributed by atoms with Crippen LogP contribution in [0.25, 0.3) is 0 Å². The van der Waals surface area contributed by atoms with Gasteiger partial charge in [-0.2, -0.15) is 39.5 Å². The van der Waals surface area contributed by atoms with Gasteiger partial charge in [0.15, 0.2) is 0 Å². The van der Waals surface area contributed by atoms with Gasteiger partial charge in [0.1, 0.15) is 0 Å². The average Bonchev–Trinajstić information content (AvgIpc) is 2.95. The molecule has 0 unspecified atom stereocenters. The predicted molar refractivity (Wildman–Crippen MR) is 83.5 cm³/mol. The third kappa shape index (κ3) is 7.75. The number of rotatable bonds is 8. The summed E-state index contributed by atoms with van der Waals surface area (Å²) in [6, 6.07) is 0. The van der Waals surface area contributed by atoms with Gasteiger partial charge in [0, 0.05) is 38.2 Å². The topological polar surface area (TPSA) is 63.7 Å². The minimum atomic E-state index is -7.09. The van der Waals surface area contributed by atoms with Crippen LogP contribution in [0.1, 0.15) is 26.2 Å². The van der Waals surface area contributed by atoms with Crippen molar-refractivity contribution in [3.05, 3.63) is 12.4 Å². The van der Waals surface area contributed by atoms with E-state index in [2.05, 4.69) is 36.2 Å². The Bertz CT molecular complexity index is 651. The van der Waals surface area contributed by atoms with Crippen LogP contribution in [-0.4, -0.2) is 72.7 Å². The molecule has 0 aromatic rings. The van der Waals surface area contributed by atoms with Crippen LogP contribution in [0, 0.1) is 0 Å². The van der Waals surface area contributed by atoms with Gasteiger partial charge in [-0.3, -0.25) is 0 Å². The van der Waals surface area contributed by atoms with Crippen LogP contribution < -0.4 is 0 Å². The highest BCUT2D eigenvalue weighted by Gasteiger charge is 2.81. The molecule has 0 saturated heterocycles. The van der Waals surface area contributed by atoms with Crippen molar-refractivity contribution < 1.29 is 52.5 Å². The summed E-state index contributed by atoms with van der Waals surface area (Å²) < 4.78 is 139. The van der Waals surface area contributed by atoms with Crippen LogP contribution in [0.15, 0.2) is 12.4 Å². The molecule has 5 nitrogen and oxygen atoms in total. The van der Waals surface area contributed by atoms with Crippen LogP contribution in [0.4, 0.5) is 39.5 Å². The number of hydrogen-bond donors (Lipinski definition) is 0. The zero-order valence-corrected chi connectivity index (χ0v) is 16.1. The highest BCUT2D eigenvalue weighted by Crippen LogP contribution is 2.53. The zero-order valence-electron chi connectivity index (χ0n) is 15.3. The Kier molecular flexibility index (Phi) is 9.16. The molecule has 0 amide bonds. The summed E-state index contributed by atoms with van der Waals surface area (Å²) in [7, 11) is -3.39. The van der Waals surface area contributed by atoms with Crippen LogP contribution in [0.5, 0.6) is 0 Å². The van der Waals surface area contributed by atoms with E-state index in [9.17, 15) is 52.5 Å². The van der Waals surface area contributed by atoms with E-state index in [4.69, 9.17) is 0 Å². The summed E-state index contributed by atoms with van der Waals surface area (Å²) in [5, 5.41) is 0. The third-order valence-electron chi connectivity index (χ3n) is 3.61. The van der Waals surface area contributed by atoms with Gasteiger partial charge in [-0.15, -0.1) is 0 Å². The van der Waals surface area contributed by atoms with Gasteiger partial charge in [0.2, 0.25) is 0 Å². The van der Waals surface area contributed by atoms with E-state index < -0.39 is 46.2 Å². The van der Waals surface area contributed by atoms with Crippen LogP contribution in [0.2, 0.25) is 0 Å². The summed E-state index contributed by atoms with van der Waals surface area (Å²) in [4.78, 5) is 4.53. The summed E-state index contributed by atoms with van der Waals surface area (Å²) in [6.07, 6.45) is -2.77. The molecule has 0 spiro atoms. The number of unbranched alkanes of at least 4 members (excludes halogenated alkanes) is 1.